The van der Waals surface area contributed by atoms with Crippen LogP contribution in [0.3, 0.4) is 0 Å². The Labute approximate surface area is 143 Å². The molecule has 0 unspecified atom stereocenters. The minimum Gasteiger partial charge on any atom is -0.395 e. The summed E-state index contributed by atoms with van der Waals surface area (Å²) in [5.74, 6) is -0.435. The molecule has 2 amide bonds. The maximum absolute atomic E-state index is 13.0. The third kappa shape index (κ3) is 4.80. The lowest BCUT2D eigenvalue weighted by molar-refractivity contribution is -0.286. The monoisotopic (exact) mass is 354 g/mol. The standard InChI is InChI=1S/C17H20F2N2O4/c18-17(19)24-13-7-6-12(9-14(13)25-17)21-16(23)10-20-15(22)8-11-4-2-1-3-5-11/h6-7,9,11H,1-5,8,10H2,(H,20,22)(H,21,23). The highest BCUT2D eigenvalue weighted by atomic mass is 19.3. The Morgan fingerprint density at radius 1 is 1.08 bits per heavy atom. The van der Waals surface area contributed by atoms with E-state index in [9.17, 15) is 18.4 Å². The summed E-state index contributed by atoms with van der Waals surface area (Å²) in [5.41, 5.74) is 0.284. The number of alkyl halides is 2. The number of nitrogens with one attached hydrogen (secondary N) is 2. The largest absolute Gasteiger partial charge is 0.586 e. The molecule has 1 aliphatic heterocycles. The lowest BCUT2D eigenvalue weighted by Gasteiger charge is -2.20. The maximum atomic E-state index is 13.0. The molecule has 2 aliphatic rings. The van der Waals surface area contributed by atoms with Gasteiger partial charge in [0.25, 0.3) is 0 Å². The molecule has 25 heavy (non-hydrogen) atoms. The number of anilines is 1. The number of hydrogen-bond donors (Lipinski definition) is 2. The van der Waals surface area contributed by atoms with E-state index in [1.165, 1.54) is 24.6 Å². The van der Waals surface area contributed by atoms with Gasteiger partial charge in [-0.05, 0) is 30.9 Å². The minimum absolute atomic E-state index is 0.0937. The van der Waals surface area contributed by atoms with Gasteiger partial charge in [0.15, 0.2) is 11.5 Å². The molecule has 1 saturated carbocycles. The summed E-state index contributed by atoms with van der Waals surface area (Å²) in [6.07, 6.45) is 2.39. The number of ether oxygens (including phenoxy) is 2. The van der Waals surface area contributed by atoms with Gasteiger partial charge in [0.2, 0.25) is 11.8 Å². The number of fused-ring (bicyclic) bond motifs is 1. The van der Waals surface area contributed by atoms with Crippen LogP contribution in [0, 0.1) is 5.92 Å². The van der Waals surface area contributed by atoms with Crippen LogP contribution in [0.1, 0.15) is 38.5 Å². The molecule has 3 rings (SSSR count). The average Bonchev–Trinajstić information content (AvgIpc) is 2.87. The van der Waals surface area contributed by atoms with Crippen LogP contribution in [0.25, 0.3) is 0 Å². The zero-order chi connectivity index (χ0) is 17.9. The summed E-state index contributed by atoms with van der Waals surface area (Å²) >= 11 is 0. The van der Waals surface area contributed by atoms with Crippen LogP contribution >= 0.6 is 0 Å². The van der Waals surface area contributed by atoms with Gasteiger partial charge in [0, 0.05) is 18.2 Å². The molecule has 1 aromatic rings. The zero-order valence-electron chi connectivity index (χ0n) is 13.6. The smallest absolute Gasteiger partial charge is 0.395 e. The van der Waals surface area contributed by atoms with E-state index >= 15 is 0 Å². The normalized spacial score (nSPS) is 18.6. The van der Waals surface area contributed by atoms with Gasteiger partial charge in [-0.3, -0.25) is 9.59 Å². The van der Waals surface area contributed by atoms with E-state index < -0.39 is 12.2 Å². The molecule has 0 atom stereocenters. The van der Waals surface area contributed by atoms with E-state index in [1.54, 1.807) is 0 Å². The van der Waals surface area contributed by atoms with Gasteiger partial charge in [-0.15, -0.1) is 8.78 Å². The summed E-state index contributed by atoms with van der Waals surface area (Å²) in [5, 5.41) is 5.11. The van der Waals surface area contributed by atoms with E-state index in [0.29, 0.717) is 12.3 Å². The van der Waals surface area contributed by atoms with Crippen molar-refractivity contribution in [1.82, 2.24) is 5.32 Å². The summed E-state index contributed by atoms with van der Waals surface area (Å²) < 4.78 is 34.5. The van der Waals surface area contributed by atoms with Crippen LogP contribution in [0.2, 0.25) is 0 Å². The fraction of sp³-hybridized carbons (Fsp3) is 0.529. The minimum atomic E-state index is -3.70. The first kappa shape index (κ1) is 17.4. The molecule has 0 saturated heterocycles. The van der Waals surface area contributed by atoms with E-state index in [0.717, 1.165) is 25.7 Å². The lowest BCUT2D eigenvalue weighted by Crippen LogP contribution is -2.34. The van der Waals surface area contributed by atoms with Crippen molar-refractivity contribution in [2.24, 2.45) is 5.92 Å². The number of rotatable bonds is 5. The van der Waals surface area contributed by atoms with Gasteiger partial charge >= 0.3 is 6.29 Å². The van der Waals surface area contributed by atoms with Crippen molar-refractivity contribution in [3.63, 3.8) is 0 Å². The fourth-order valence-corrected chi connectivity index (χ4v) is 3.14. The Bertz CT molecular complexity index is 660. The summed E-state index contributed by atoms with van der Waals surface area (Å²) in [6, 6.07) is 3.96. The molecular formula is C17H20F2N2O4. The molecule has 1 aliphatic carbocycles. The van der Waals surface area contributed by atoms with E-state index in [4.69, 9.17) is 0 Å². The molecule has 0 radical (unpaired) electrons. The molecule has 8 heteroatoms. The van der Waals surface area contributed by atoms with Crippen LogP contribution in [-0.4, -0.2) is 24.7 Å². The van der Waals surface area contributed by atoms with Gasteiger partial charge in [-0.2, -0.15) is 0 Å². The Balaban J connectivity index is 1.44. The van der Waals surface area contributed by atoms with Gasteiger partial charge in [0.05, 0.1) is 6.54 Å². The topological polar surface area (TPSA) is 76.7 Å². The fourth-order valence-electron chi connectivity index (χ4n) is 3.14. The van der Waals surface area contributed by atoms with Crippen molar-refractivity contribution < 1.29 is 27.8 Å². The summed E-state index contributed by atoms with van der Waals surface area (Å²) in [7, 11) is 0. The summed E-state index contributed by atoms with van der Waals surface area (Å²) in [4.78, 5) is 23.8. The van der Waals surface area contributed by atoms with Crippen LogP contribution in [0.5, 0.6) is 11.5 Å². The van der Waals surface area contributed by atoms with Crippen molar-refractivity contribution >= 4 is 17.5 Å². The third-order valence-corrected chi connectivity index (χ3v) is 4.33. The second-order valence-electron chi connectivity index (χ2n) is 6.36. The molecular weight excluding hydrogens is 334 g/mol. The molecule has 6 nitrogen and oxygen atoms in total. The van der Waals surface area contributed by atoms with Crippen LogP contribution in [-0.2, 0) is 9.59 Å². The van der Waals surface area contributed by atoms with Crippen molar-refractivity contribution in [2.75, 3.05) is 11.9 Å². The first-order chi connectivity index (χ1) is 11.9. The molecule has 1 heterocycles. The number of benzene rings is 1. The third-order valence-electron chi connectivity index (χ3n) is 4.33. The number of hydrogen-bond acceptors (Lipinski definition) is 4. The van der Waals surface area contributed by atoms with Gasteiger partial charge in [-0.25, -0.2) is 0 Å². The number of halogens is 2. The van der Waals surface area contributed by atoms with Crippen molar-refractivity contribution in [3.05, 3.63) is 18.2 Å². The van der Waals surface area contributed by atoms with Crippen LogP contribution in [0.15, 0.2) is 18.2 Å². The lowest BCUT2D eigenvalue weighted by atomic mass is 9.87. The molecule has 1 fully saturated rings. The first-order valence-corrected chi connectivity index (χ1v) is 8.38. The van der Waals surface area contributed by atoms with Crippen LogP contribution in [0.4, 0.5) is 14.5 Å². The average molecular weight is 354 g/mol. The van der Waals surface area contributed by atoms with Crippen molar-refractivity contribution in [1.29, 1.82) is 0 Å². The first-order valence-electron chi connectivity index (χ1n) is 8.38. The number of carbonyl (C=O) groups is 2. The Morgan fingerprint density at radius 3 is 2.56 bits per heavy atom. The molecule has 0 aromatic heterocycles. The molecule has 136 valence electrons. The summed E-state index contributed by atoms with van der Waals surface area (Å²) in [6.45, 7) is -0.170. The van der Waals surface area contributed by atoms with E-state index in [-0.39, 0.29) is 29.6 Å². The molecule has 0 bridgehead atoms. The van der Waals surface area contributed by atoms with Crippen molar-refractivity contribution in [2.45, 2.75) is 44.8 Å². The predicted octanol–water partition coefficient (Wildman–Crippen LogP) is 3.03. The molecule has 1 aromatic carbocycles. The molecule has 2 N–H and O–H groups in total. The highest BCUT2D eigenvalue weighted by Gasteiger charge is 2.43. The van der Waals surface area contributed by atoms with Crippen molar-refractivity contribution in [3.8, 4) is 11.5 Å². The highest BCUT2D eigenvalue weighted by Crippen LogP contribution is 2.42. The Hall–Kier alpha value is -2.38. The highest BCUT2D eigenvalue weighted by molar-refractivity contribution is 5.94. The number of carbonyl (C=O) groups excluding carboxylic acids is 2. The van der Waals surface area contributed by atoms with Gasteiger partial charge < -0.3 is 20.1 Å². The van der Waals surface area contributed by atoms with Gasteiger partial charge in [0.1, 0.15) is 0 Å². The van der Waals surface area contributed by atoms with Gasteiger partial charge in [-0.1, -0.05) is 19.3 Å². The SMILES string of the molecule is O=C(CC1CCCCC1)NCC(=O)Nc1ccc2c(c1)OC(F)(F)O2. The quantitative estimate of drug-likeness (QED) is 0.852. The van der Waals surface area contributed by atoms with E-state index in [2.05, 4.69) is 20.1 Å². The Kier molecular flexibility index (Phi) is 5.06. The maximum Gasteiger partial charge on any atom is 0.586 e. The Morgan fingerprint density at radius 2 is 1.80 bits per heavy atom. The molecule has 0 spiro atoms. The predicted molar refractivity (Wildman–Crippen MR) is 85.5 cm³/mol. The number of amides is 2. The zero-order valence-corrected chi connectivity index (χ0v) is 13.6. The second-order valence-corrected chi connectivity index (χ2v) is 6.36. The van der Waals surface area contributed by atoms with Crippen LogP contribution < -0.4 is 20.1 Å². The second kappa shape index (κ2) is 7.25. The van der Waals surface area contributed by atoms with E-state index in [1.807, 2.05) is 0 Å².